The first-order chi connectivity index (χ1) is 7.58. The number of hydrogen-bond donors (Lipinski definition) is 2. The summed E-state index contributed by atoms with van der Waals surface area (Å²) >= 11 is 1.69. The molecule has 0 aliphatic rings. The number of nitrogens with zero attached hydrogens (tertiary/aromatic N) is 2. The zero-order valence-electron chi connectivity index (χ0n) is 9.74. The van der Waals surface area contributed by atoms with Crippen molar-refractivity contribution in [1.82, 2.24) is 20.5 Å². The maximum atomic E-state index is 4.51. The Kier molecular flexibility index (Phi) is 3.07. The molecular weight excluding hydrogens is 220 g/mol. The summed E-state index contributed by atoms with van der Waals surface area (Å²) in [6.07, 6.45) is 1.76. The molecule has 5 heteroatoms. The fourth-order valence-corrected chi connectivity index (χ4v) is 2.31. The first kappa shape index (κ1) is 11.3. The average molecular weight is 236 g/mol. The van der Waals surface area contributed by atoms with Crippen molar-refractivity contribution in [2.24, 2.45) is 0 Å². The molecule has 2 heterocycles. The zero-order chi connectivity index (χ0) is 11.6. The van der Waals surface area contributed by atoms with Crippen LogP contribution in [0.5, 0.6) is 0 Å². The molecule has 0 bridgehead atoms. The Balaban J connectivity index is 2.02. The zero-order valence-corrected chi connectivity index (χ0v) is 10.6. The van der Waals surface area contributed by atoms with Gasteiger partial charge in [0.25, 0.3) is 0 Å². The second-order valence-electron chi connectivity index (χ2n) is 4.35. The predicted octanol–water partition coefficient (Wildman–Crippen LogP) is 2.20. The third-order valence-electron chi connectivity index (χ3n) is 2.43. The lowest BCUT2D eigenvalue weighted by atomic mass is 10.1. The predicted molar refractivity (Wildman–Crippen MR) is 65.3 cm³/mol. The molecule has 0 spiro atoms. The lowest BCUT2D eigenvalue weighted by molar-refractivity contribution is 0.396. The molecular formula is C11H16N4S. The number of aromatic amines is 1. The van der Waals surface area contributed by atoms with Gasteiger partial charge in [0.2, 0.25) is 0 Å². The van der Waals surface area contributed by atoms with Crippen LogP contribution in [0.2, 0.25) is 0 Å². The van der Waals surface area contributed by atoms with Gasteiger partial charge in [0.1, 0.15) is 5.01 Å². The summed E-state index contributed by atoms with van der Waals surface area (Å²) in [5.41, 5.74) is 2.06. The lowest BCUT2D eigenvalue weighted by Gasteiger charge is -2.23. The number of rotatable bonds is 4. The molecule has 0 atom stereocenters. The summed E-state index contributed by atoms with van der Waals surface area (Å²) < 4.78 is 0. The van der Waals surface area contributed by atoms with Gasteiger partial charge in [0.15, 0.2) is 0 Å². The minimum absolute atomic E-state index is 0.107. The molecule has 0 aromatic carbocycles. The van der Waals surface area contributed by atoms with Crippen molar-refractivity contribution in [2.45, 2.75) is 32.9 Å². The molecule has 4 nitrogen and oxygen atoms in total. The Morgan fingerprint density at radius 1 is 1.50 bits per heavy atom. The highest BCUT2D eigenvalue weighted by Crippen LogP contribution is 2.23. The highest BCUT2D eigenvalue weighted by Gasteiger charge is 2.23. The number of H-pyrrole nitrogens is 1. The molecule has 0 aliphatic heterocycles. The molecule has 16 heavy (non-hydrogen) atoms. The third-order valence-corrected chi connectivity index (χ3v) is 3.72. The average Bonchev–Trinajstić information content (AvgIpc) is 2.85. The molecule has 0 saturated heterocycles. The van der Waals surface area contributed by atoms with Crippen molar-refractivity contribution in [3.05, 3.63) is 34.0 Å². The van der Waals surface area contributed by atoms with Crippen LogP contribution < -0.4 is 5.32 Å². The van der Waals surface area contributed by atoms with Crippen LogP contribution in [0.15, 0.2) is 17.6 Å². The monoisotopic (exact) mass is 236 g/mol. The molecule has 2 N–H and O–H groups in total. The van der Waals surface area contributed by atoms with Crippen molar-refractivity contribution in [3.8, 4) is 0 Å². The number of hydrogen-bond acceptors (Lipinski definition) is 4. The van der Waals surface area contributed by atoms with Crippen molar-refractivity contribution < 1.29 is 0 Å². The van der Waals surface area contributed by atoms with Crippen LogP contribution >= 0.6 is 11.3 Å². The summed E-state index contributed by atoms with van der Waals surface area (Å²) in [7, 11) is 0. The Labute approximate surface area is 99.1 Å². The molecule has 0 fully saturated rings. The largest absolute Gasteiger partial charge is 0.300 e. The number of aryl methyl sites for hydroxylation is 1. The number of nitrogens with one attached hydrogen (secondary N) is 2. The first-order valence-corrected chi connectivity index (χ1v) is 6.12. The van der Waals surface area contributed by atoms with E-state index in [9.17, 15) is 0 Å². The molecule has 0 aliphatic carbocycles. The second kappa shape index (κ2) is 4.35. The Hall–Kier alpha value is -1.20. The van der Waals surface area contributed by atoms with Gasteiger partial charge < -0.3 is 5.32 Å². The van der Waals surface area contributed by atoms with Crippen LogP contribution in [0.3, 0.4) is 0 Å². The normalized spacial score (nSPS) is 11.9. The smallest absolute Gasteiger partial charge is 0.112 e. The minimum atomic E-state index is -0.107. The van der Waals surface area contributed by atoms with Crippen molar-refractivity contribution in [2.75, 3.05) is 0 Å². The van der Waals surface area contributed by atoms with Gasteiger partial charge in [-0.1, -0.05) is 0 Å². The van der Waals surface area contributed by atoms with E-state index in [1.807, 2.05) is 13.0 Å². The van der Waals surface area contributed by atoms with Gasteiger partial charge >= 0.3 is 0 Å². The summed E-state index contributed by atoms with van der Waals surface area (Å²) in [6.45, 7) is 7.07. The van der Waals surface area contributed by atoms with Crippen molar-refractivity contribution in [1.29, 1.82) is 0 Å². The summed E-state index contributed by atoms with van der Waals surface area (Å²) in [5.74, 6) is 0. The first-order valence-electron chi connectivity index (χ1n) is 5.24. The van der Waals surface area contributed by atoms with Crippen molar-refractivity contribution >= 4 is 11.3 Å². The van der Waals surface area contributed by atoms with E-state index in [-0.39, 0.29) is 5.54 Å². The van der Waals surface area contributed by atoms with Gasteiger partial charge in [-0.2, -0.15) is 5.10 Å². The Morgan fingerprint density at radius 2 is 2.31 bits per heavy atom. The maximum Gasteiger partial charge on any atom is 0.112 e. The third kappa shape index (κ3) is 2.48. The quantitative estimate of drug-likeness (QED) is 0.855. The van der Waals surface area contributed by atoms with Crippen LogP contribution in [-0.2, 0) is 12.1 Å². The SMILES string of the molecule is Cc1csc(C(C)(C)NCc2ccn[nH]2)n1. The van der Waals surface area contributed by atoms with E-state index in [0.717, 1.165) is 22.9 Å². The van der Waals surface area contributed by atoms with E-state index in [4.69, 9.17) is 0 Å². The Morgan fingerprint density at radius 3 is 2.88 bits per heavy atom. The summed E-state index contributed by atoms with van der Waals surface area (Å²) in [6, 6.07) is 1.97. The molecule has 0 saturated carbocycles. The Bertz CT molecular complexity index is 444. The summed E-state index contributed by atoms with van der Waals surface area (Å²) in [5, 5.41) is 13.5. The van der Waals surface area contributed by atoms with E-state index >= 15 is 0 Å². The van der Waals surface area contributed by atoms with E-state index in [0.29, 0.717) is 0 Å². The highest BCUT2D eigenvalue weighted by molar-refractivity contribution is 7.09. The van der Waals surface area contributed by atoms with Crippen LogP contribution in [0.25, 0.3) is 0 Å². The fourth-order valence-electron chi connectivity index (χ4n) is 1.42. The van der Waals surface area contributed by atoms with Gasteiger partial charge in [-0.3, -0.25) is 5.10 Å². The van der Waals surface area contributed by atoms with Gasteiger partial charge in [-0.15, -0.1) is 11.3 Å². The molecule has 2 rings (SSSR count). The van der Waals surface area contributed by atoms with Crippen LogP contribution in [0.1, 0.15) is 30.2 Å². The van der Waals surface area contributed by atoms with Gasteiger partial charge in [0, 0.05) is 29.5 Å². The van der Waals surface area contributed by atoms with E-state index < -0.39 is 0 Å². The van der Waals surface area contributed by atoms with Gasteiger partial charge in [-0.05, 0) is 26.8 Å². The second-order valence-corrected chi connectivity index (χ2v) is 5.21. The molecule has 0 amide bonds. The van der Waals surface area contributed by atoms with Crippen LogP contribution in [-0.4, -0.2) is 15.2 Å². The maximum absolute atomic E-state index is 4.51. The molecule has 0 unspecified atom stereocenters. The molecule has 2 aromatic heterocycles. The number of aromatic nitrogens is 3. The van der Waals surface area contributed by atoms with Crippen LogP contribution in [0.4, 0.5) is 0 Å². The number of thiazole rings is 1. The summed E-state index contributed by atoms with van der Waals surface area (Å²) in [4.78, 5) is 4.51. The fraction of sp³-hybridized carbons (Fsp3) is 0.455. The van der Waals surface area contributed by atoms with Gasteiger partial charge in [0.05, 0.1) is 5.54 Å². The van der Waals surface area contributed by atoms with Gasteiger partial charge in [-0.25, -0.2) is 4.98 Å². The topological polar surface area (TPSA) is 53.6 Å². The van der Waals surface area contributed by atoms with E-state index in [2.05, 4.69) is 39.7 Å². The molecule has 86 valence electrons. The highest BCUT2D eigenvalue weighted by atomic mass is 32.1. The molecule has 2 aromatic rings. The van der Waals surface area contributed by atoms with E-state index in [1.54, 1.807) is 17.5 Å². The lowest BCUT2D eigenvalue weighted by Crippen LogP contribution is -2.36. The van der Waals surface area contributed by atoms with E-state index in [1.165, 1.54) is 0 Å². The minimum Gasteiger partial charge on any atom is -0.300 e. The van der Waals surface area contributed by atoms with Crippen LogP contribution in [0, 0.1) is 6.92 Å². The standard InChI is InChI=1S/C11H16N4S/c1-8-7-16-10(14-8)11(2,3)12-6-9-4-5-13-15-9/h4-5,7,12H,6H2,1-3H3,(H,13,15). The molecule has 0 radical (unpaired) electrons. The van der Waals surface area contributed by atoms with Crippen molar-refractivity contribution in [3.63, 3.8) is 0 Å².